The van der Waals surface area contributed by atoms with Gasteiger partial charge in [0.2, 0.25) is 0 Å². The van der Waals surface area contributed by atoms with Crippen LogP contribution in [0.5, 0.6) is 0 Å². The topological polar surface area (TPSA) is 87.5 Å². The van der Waals surface area contributed by atoms with Crippen LogP contribution in [0, 0.1) is 0 Å². The molecule has 2 amide bonds. The van der Waals surface area contributed by atoms with Crippen molar-refractivity contribution in [1.29, 1.82) is 0 Å². The summed E-state index contributed by atoms with van der Waals surface area (Å²) in [7, 11) is 1.84. The lowest BCUT2D eigenvalue weighted by Gasteiger charge is -2.31. The fourth-order valence-corrected chi connectivity index (χ4v) is 2.33. The molecule has 1 fully saturated rings. The SMILES string of the molecule is Cn1ccnc1CNC(=O)N1CCCC1(C)C(=O)O. The van der Waals surface area contributed by atoms with Crippen LogP contribution in [0.4, 0.5) is 4.79 Å². The number of amides is 2. The normalized spacial score (nSPS) is 22.5. The Balaban J connectivity index is 2.00. The van der Waals surface area contributed by atoms with Gasteiger partial charge in [0.1, 0.15) is 11.4 Å². The van der Waals surface area contributed by atoms with Crippen molar-refractivity contribution in [2.45, 2.75) is 31.8 Å². The van der Waals surface area contributed by atoms with Crippen LogP contribution in [-0.4, -0.2) is 43.6 Å². The van der Waals surface area contributed by atoms with E-state index >= 15 is 0 Å². The molecule has 1 atom stereocenters. The number of likely N-dealkylation sites (tertiary alicyclic amines) is 1. The highest BCUT2D eigenvalue weighted by Crippen LogP contribution is 2.29. The maximum Gasteiger partial charge on any atom is 0.329 e. The number of carboxylic acid groups (broad SMARTS) is 1. The fraction of sp³-hybridized carbons (Fsp3) is 0.583. The number of carbonyl (C=O) groups excluding carboxylic acids is 1. The second-order valence-corrected chi connectivity index (χ2v) is 4.95. The van der Waals surface area contributed by atoms with E-state index in [1.54, 1.807) is 23.9 Å². The van der Waals surface area contributed by atoms with Crippen LogP contribution in [0.15, 0.2) is 12.4 Å². The minimum atomic E-state index is -1.11. The Labute approximate surface area is 111 Å². The summed E-state index contributed by atoms with van der Waals surface area (Å²) >= 11 is 0. The van der Waals surface area contributed by atoms with E-state index < -0.39 is 11.5 Å². The lowest BCUT2D eigenvalue weighted by atomic mass is 10.00. The van der Waals surface area contributed by atoms with Gasteiger partial charge < -0.3 is 19.9 Å². The third kappa shape index (κ3) is 2.40. The summed E-state index contributed by atoms with van der Waals surface area (Å²) in [5.41, 5.74) is -1.11. The summed E-state index contributed by atoms with van der Waals surface area (Å²) in [6, 6.07) is -0.356. The predicted molar refractivity (Wildman–Crippen MR) is 67.4 cm³/mol. The minimum Gasteiger partial charge on any atom is -0.480 e. The average molecular weight is 266 g/mol. The van der Waals surface area contributed by atoms with Crippen LogP contribution in [-0.2, 0) is 18.4 Å². The first-order valence-electron chi connectivity index (χ1n) is 6.20. The number of rotatable bonds is 3. The lowest BCUT2D eigenvalue weighted by molar-refractivity contribution is -0.147. The van der Waals surface area contributed by atoms with E-state index in [1.165, 1.54) is 4.90 Å². The number of imidazole rings is 1. The van der Waals surface area contributed by atoms with Crippen molar-refractivity contribution in [3.8, 4) is 0 Å². The molecule has 0 aliphatic carbocycles. The van der Waals surface area contributed by atoms with Gasteiger partial charge in [-0.1, -0.05) is 0 Å². The molecule has 7 heteroatoms. The van der Waals surface area contributed by atoms with E-state index in [1.807, 2.05) is 7.05 Å². The highest BCUT2D eigenvalue weighted by molar-refractivity contribution is 5.86. The number of aromatic nitrogens is 2. The molecule has 1 aromatic rings. The number of urea groups is 1. The van der Waals surface area contributed by atoms with Gasteiger partial charge in [-0.3, -0.25) is 0 Å². The van der Waals surface area contributed by atoms with Crippen molar-refractivity contribution in [2.75, 3.05) is 6.54 Å². The molecule has 19 heavy (non-hydrogen) atoms. The number of aryl methyl sites for hydroxylation is 1. The Bertz CT molecular complexity index is 499. The molecule has 0 radical (unpaired) electrons. The summed E-state index contributed by atoms with van der Waals surface area (Å²) in [5.74, 6) is -0.235. The smallest absolute Gasteiger partial charge is 0.329 e. The van der Waals surface area contributed by atoms with Crippen LogP contribution in [0.2, 0.25) is 0 Å². The van der Waals surface area contributed by atoms with Gasteiger partial charge in [0.05, 0.1) is 6.54 Å². The van der Waals surface area contributed by atoms with Gasteiger partial charge in [-0.05, 0) is 19.8 Å². The van der Waals surface area contributed by atoms with Gasteiger partial charge in [0.25, 0.3) is 0 Å². The summed E-state index contributed by atoms with van der Waals surface area (Å²) in [6.07, 6.45) is 4.63. The molecule has 0 spiro atoms. The number of nitrogens with one attached hydrogen (secondary N) is 1. The number of carboxylic acids is 1. The van der Waals surface area contributed by atoms with Crippen LogP contribution in [0.3, 0.4) is 0 Å². The van der Waals surface area contributed by atoms with Gasteiger partial charge >= 0.3 is 12.0 Å². The van der Waals surface area contributed by atoms with Crippen molar-refractivity contribution in [3.63, 3.8) is 0 Å². The van der Waals surface area contributed by atoms with Crippen LogP contribution in [0.25, 0.3) is 0 Å². The van der Waals surface area contributed by atoms with Crippen molar-refractivity contribution in [2.24, 2.45) is 7.05 Å². The Hall–Kier alpha value is -2.05. The second-order valence-electron chi connectivity index (χ2n) is 4.95. The van der Waals surface area contributed by atoms with Gasteiger partial charge in [0, 0.05) is 26.0 Å². The van der Waals surface area contributed by atoms with Crippen molar-refractivity contribution >= 4 is 12.0 Å². The molecule has 2 rings (SSSR count). The molecular weight excluding hydrogens is 248 g/mol. The highest BCUT2D eigenvalue weighted by atomic mass is 16.4. The first-order valence-corrected chi connectivity index (χ1v) is 6.20. The molecule has 1 aromatic heterocycles. The lowest BCUT2D eigenvalue weighted by Crippen LogP contribution is -2.54. The molecular formula is C12H18N4O3. The Morgan fingerprint density at radius 2 is 2.32 bits per heavy atom. The predicted octanol–water partition coefficient (Wildman–Crippen LogP) is 0.569. The van der Waals surface area contributed by atoms with E-state index in [4.69, 9.17) is 0 Å². The fourth-order valence-electron chi connectivity index (χ4n) is 2.33. The highest BCUT2D eigenvalue weighted by Gasteiger charge is 2.45. The minimum absolute atomic E-state index is 0.286. The Kier molecular flexibility index (Phi) is 3.46. The summed E-state index contributed by atoms with van der Waals surface area (Å²) < 4.78 is 1.81. The number of nitrogens with zero attached hydrogens (tertiary/aromatic N) is 3. The number of aliphatic carboxylic acids is 1. The van der Waals surface area contributed by atoms with Crippen molar-refractivity contribution < 1.29 is 14.7 Å². The van der Waals surface area contributed by atoms with Gasteiger partial charge in [-0.25, -0.2) is 14.6 Å². The maximum atomic E-state index is 12.1. The van der Waals surface area contributed by atoms with Crippen LogP contribution >= 0.6 is 0 Å². The Morgan fingerprint density at radius 1 is 1.58 bits per heavy atom. The first-order chi connectivity index (χ1) is 8.95. The average Bonchev–Trinajstić information content (AvgIpc) is 2.93. The zero-order chi connectivity index (χ0) is 14.0. The zero-order valence-corrected chi connectivity index (χ0v) is 11.1. The number of carbonyl (C=O) groups is 2. The van der Waals surface area contributed by atoms with E-state index in [9.17, 15) is 14.7 Å². The molecule has 0 aromatic carbocycles. The number of hydrogen-bond donors (Lipinski definition) is 2. The molecule has 104 valence electrons. The molecule has 1 aliphatic rings. The molecule has 0 bridgehead atoms. The molecule has 1 aliphatic heterocycles. The maximum absolute atomic E-state index is 12.1. The van der Waals surface area contributed by atoms with E-state index in [0.717, 1.165) is 5.82 Å². The van der Waals surface area contributed by atoms with Gasteiger partial charge in [0.15, 0.2) is 0 Å². The molecule has 2 heterocycles. The van der Waals surface area contributed by atoms with Crippen LogP contribution < -0.4 is 5.32 Å². The third-order valence-corrected chi connectivity index (χ3v) is 3.67. The Morgan fingerprint density at radius 3 is 2.89 bits per heavy atom. The van der Waals surface area contributed by atoms with Crippen LogP contribution in [0.1, 0.15) is 25.6 Å². The van der Waals surface area contributed by atoms with Crippen molar-refractivity contribution in [3.05, 3.63) is 18.2 Å². The first kappa shape index (κ1) is 13.4. The van der Waals surface area contributed by atoms with E-state index in [-0.39, 0.29) is 12.6 Å². The molecule has 2 N–H and O–H groups in total. The largest absolute Gasteiger partial charge is 0.480 e. The molecule has 0 saturated carbocycles. The van der Waals surface area contributed by atoms with E-state index in [2.05, 4.69) is 10.3 Å². The number of hydrogen-bond acceptors (Lipinski definition) is 3. The third-order valence-electron chi connectivity index (χ3n) is 3.67. The quantitative estimate of drug-likeness (QED) is 0.837. The summed E-state index contributed by atoms with van der Waals surface area (Å²) in [4.78, 5) is 28.9. The standard InChI is InChI=1S/C12H18N4O3/c1-12(10(17)18)4-3-6-16(12)11(19)14-8-9-13-5-7-15(9)2/h5,7H,3-4,6,8H2,1-2H3,(H,14,19)(H,17,18). The van der Waals surface area contributed by atoms with E-state index in [0.29, 0.717) is 19.4 Å². The second kappa shape index (κ2) is 4.91. The molecule has 1 unspecified atom stereocenters. The monoisotopic (exact) mass is 266 g/mol. The summed E-state index contributed by atoms with van der Waals surface area (Å²) in [5, 5.41) is 12.0. The molecule has 1 saturated heterocycles. The van der Waals surface area contributed by atoms with Gasteiger partial charge in [-0.15, -0.1) is 0 Å². The molecule has 7 nitrogen and oxygen atoms in total. The summed E-state index contributed by atoms with van der Waals surface area (Å²) in [6.45, 7) is 2.34. The van der Waals surface area contributed by atoms with Gasteiger partial charge in [-0.2, -0.15) is 0 Å². The van der Waals surface area contributed by atoms with Crippen molar-refractivity contribution in [1.82, 2.24) is 19.8 Å². The zero-order valence-electron chi connectivity index (χ0n) is 11.1.